The third-order valence-electron chi connectivity index (χ3n) is 2.79. The summed E-state index contributed by atoms with van der Waals surface area (Å²) in [4.78, 5) is 34.4. The molecule has 0 unspecified atom stereocenters. The number of anilines is 1. The molecule has 2 rings (SSSR count). The summed E-state index contributed by atoms with van der Waals surface area (Å²) in [6, 6.07) is 5.45. The summed E-state index contributed by atoms with van der Waals surface area (Å²) in [5.74, 6) is -4.21. The maximum Gasteiger partial charge on any atom is 0.341 e. The third kappa shape index (κ3) is 3.17. The number of nitrogens with one attached hydrogen (secondary N) is 1. The van der Waals surface area contributed by atoms with Crippen LogP contribution < -0.4 is 10.9 Å². The molecule has 114 valence electrons. The minimum Gasteiger partial charge on any atom is -0.477 e. The van der Waals surface area contributed by atoms with Crippen molar-refractivity contribution >= 4 is 17.6 Å². The van der Waals surface area contributed by atoms with Crippen LogP contribution in [0.15, 0.2) is 41.3 Å². The number of pyridine rings is 1. The fraction of sp³-hybridized carbons (Fsp3) is 0.0714. The first-order chi connectivity index (χ1) is 10.4. The van der Waals surface area contributed by atoms with Crippen molar-refractivity contribution in [3.05, 3.63) is 64.1 Å². The lowest BCUT2D eigenvalue weighted by Crippen LogP contribution is -2.30. The first-order valence-corrected chi connectivity index (χ1v) is 6.06. The summed E-state index contributed by atoms with van der Waals surface area (Å²) < 4.78 is 27.6. The number of carbonyl (C=O) groups is 2. The van der Waals surface area contributed by atoms with Crippen molar-refractivity contribution in [1.29, 1.82) is 0 Å². The molecule has 2 aromatic rings. The molecule has 1 amide bonds. The Morgan fingerprint density at radius 1 is 1.14 bits per heavy atom. The standard InChI is InChI=1S/C14H10F2N2O4/c15-9-4-1-5-10(16)12(9)17-11(19)7-18-6-2-3-8(13(18)20)14(21)22/h1-6H,7H2,(H,17,19)(H,21,22). The number of nitrogens with zero attached hydrogens (tertiary/aromatic N) is 1. The van der Waals surface area contributed by atoms with Crippen LogP contribution in [0.1, 0.15) is 10.4 Å². The molecular weight excluding hydrogens is 298 g/mol. The molecule has 1 aromatic carbocycles. The quantitative estimate of drug-likeness (QED) is 0.895. The van der Waals surface area contributed by atoms with Gasteiger partial charge < -0.3 is 15.0 Å². The van der Waals surface area contributed by atoms with Crippen LogP contribution in [-0.2, 0) is 11.3 Å². The number of hydrogen-bond donors (Lipinski definition) is 2. The first-order valence-electron chi connectivity index (χ1n) is 6.06. The molecule has 0 aliphatic heterocycles. The van der Waals surface area contributed by atoms with E-state index in [1.165, 1.54) is 12.3 Å². The highest BCUT2D eigenvalue weighted by Gasteiger charge is 2.15. The van der Waals surface area contributed by atoms with E-state index in [1.807, 2.05) is 5.32 Å². The average Bonchev–Trinajstić information content (AvgIpc) is 2.45. The van der Waals surface area contributed by atoms with Gasteiger partial charge in [0.1, 0.15) is 29.4 Å². The summed E-state index contributed by atoms with van der Waals surface area (Å²) in [5.41, 5.74) is -2.03. The minimum absolute atomic E-state index is 0.507. The highest BCUT2D eigenvalue weighted by Crippen LogP contribution is 2.17. The molecule has 0 spiro atoms. The molecule has 1 heterocycles. The number of carboxylic acid groups (broad SMARTS) is 1. The zero-order valence-electron chi connectivity index (χ0n) is 11.0. The van der Waals surface area contributed by atoms with Crippen LogP contribution in [-0.4, -0.2) is 21.6 Å². The van der Waals surface area contributed by atoms with Crippen molar-refractivity contribution in [2.24, 2.45) is 0 Å². The zero-order chi connectivity index (χ0) is 16.3. The van der Waals surface area contributed by atoms with E-state index >= 15 is 0 Å². The minimum atomic E-state index is -1.43. The van der Waals surface area contributed by atoms with Crippen LogP contribution in [0.4, 0.5) is 14.5 Å². The summed E-state index contributed by atoms with van der Waals surface area (Å²) >= 11 is 0. The summed E-state index contributed by atoms with van der Waals surface area (Å²) in [5, 5.41) is 10.8. The first kappa shape index (κ1) is 15.4. The predicted octanol–water partition coefficient (Wildman–Crippen LogP) is 1.46. The van der Waals surface area contributed by atoms with E-state index in [0.717, 1.165) is 28.8 Å². The number of halogens is 2. The molecule has 1 aromatic heterocycles. The molecule has 8 heteroatoms. The van der Waals surface area contributed by atoms with Crippen molar-refractivity contribution in [2.75, 3.05) is 5.32 Å². The summed E-state index contributed by atoms with van der Waals surface area (Å²) in [6.45, 7) is -0.576. The van der Waals surface area contributed by atoms with E-state index in [-0.39, 0.29) is 0 Å². The van der Waals surface area contributed by atoms with Crippen LogP contribution in [0.25, 0.3) is 0 Å². The molecular formula is C14H10F2N2O4. The molecule has 6 nitrogen and oxygen atoms in total. The molecule has 0 fully saturated rings. The molecule has 0 bridgehead atoms. The summed E-state index contributed by atoms with van der Waals surface area (Å²) in [6.07, 6.45) is 1.20. The molecule has 0 aliphatic rings. The molecule has 0 atom stereocenters. The molecule has 22 heavy (non-hydrogen) atoms. The van der Waals surface area contributed by atoms with Crippen molar-refractivity contribution in [1.82, 2.24) is 4.57 Å². The van der Waals surface area contributed by atoms with Gasteiger partial charge in [-0.1, -0.05) is 6.07 Å². The highest BCUT2D eigenvalue weighted by molar-refractivity contribution is 5.91. The smallest absolute Gasteiger partial charge is 0.341 e. The second-order valence-corrected chi connectivity index (χ2v) is 4.30. The van der Waals surface area contributed by atoms with Crippen LogP contribution in [0, 0.1) is 11.6 Å². The van der Waals surface area contributed by atoms with Gasteiger partial charge >= 0.3 is 5.97 Å². The number of carbonyl (C=O) groups excluding carboxylic acids is 1. The Hall–Kier alpha value is -3.03. The number of aromatic carboxylic acids is 1. The second kappa shape index (κ2) is 6.17. The lowest BCUT2D eigenvalue weighted by atomic mass is 10.2. The van der Waals surface area contributed by atoms with Gasteiger partial charge in [-0.2, -0.15) is 0 Å². The van der Waals surface area contributed by atoms with Crippen LogP contribution in [0.2, 0.25) is 0 Å². The van der Waals surface area contributed by atoms with E-state index in [1.54, 1.807) is 0 Å². The average molecular weight is 308 g/mol. The lowest BCUT2D eigenvalue weighted by Gasteiger charge is -2.09. The van der Waals surface area contributed by atoms with E-state index in [0.29, 0.717) is 0 Å². The Labute approximate surface area is 122 Å². The van der Waals surface area contributed by atoms with E-state index in [2.05, 4.69) is 0 Å². The normalized spacial score (nSPS) is 10.3. The number of hydrogen-bond acceptors (Lipinski definition) is 3. The van der Waals surface area contributed by atoms with Crippen LogP contribution in [0.3, 0.4) is 0 Å². The zero-order valence-corrected chi connectivity index (χ0v) is 11.0. The maximum absolute atomic E-state index is 13.4. The number of carboxylic acids is 1. The summed E-state index contributed by atoms with van der Waals surface area (Å²) in [7, 11) is 0. The van der Waals surface area contributed by atoms with Crippen molar-refractivity contribution in [3.8, 4) is 0 Å². The SMILES string of the molecule is O=C(Cn1cccc(C(=O)O)c1=O)Nc1c(F)cccc1F. The molecule has 0 saturated carbocycles. The van der Waals surface area contributed by atoms with Gasteiger partial charge in [0.2, 0.25) is 5.91 Å². The van der Waals surface area contributed by atoms with Gasteiger partial charge in [0.15, 0.2) is 0 Å². The van der Waals surface area contributed by atoms with E-state index in [4.69, 9.17) is 5.11 Å². The van der Waals surface area contributed by atoms with Crippen molar-refractivity contribution in [2.45, 2.75) is 6.54 Å². The van der Waals surface area contributed by atoms with Gasteiger partial charge in [-0.05, 0) is 24.3 Å². The Morgan fingerprint density at radius 3 is 2.36 bits per heavy atom. The monoisotopic (exact) mass is 308 g/mol. The van der Waals surface area contributed by atoms with Gasteiger partial charge in [0.05, 0.1) is 0 Å². The van der Waals surface area contributed by atoms with Crippen LogP contribution >= 0.6 is 0 Å². The number of amides is 1. The molecule has 2 N–H and O–H groups in total. The van der Waals surface area contributed by atoms with Crippen LogP contribution in [0.5, 0.6) is 0 Å². The molecule has 0 aliphatic carbocycles. The van der Waals surface area contributed by atoms with Gasteiger partial charge in [0, 0.05) is 6.20 Å². The fourth-order valence-electron chi connectivity index (χ4n) is 1.78. The van der Waals surface area contributed by atoms with E-state index in [9.17, 15) is 23.2 Å². The maximum atomic E-state index is 13.4. The molecule has 0 radical (unpaired) electrons. The third-order valence-corrected chi connectivity index (χ3v) is 2.79. The number of aromatic nitrogens is 1. The Bertz CT molecular complexity index is 781. The van der Waals surface area contributed by atoms with Gasteiger partial charge in [0.25, 0.3) is 5.56 Å². The lowest BCUT2D eigenvalue weighted by molar-refractivity contribution is -0.116. The Balaban J connectivity index is 2.22. The highest BCUT2D eigenvalue weighted by atomic mass is 19.1. The Morgan fingerprint density at radius 2 is 1.77 bits per heavy atom. The largest absolute Gasteiger partial charge is 0.477 e. The van der Waals surface area contributed by atoms with Crippen molar-refractivity contribution < 1.29 is 23.5 Å². The van der Waals surface area contributed by atoms with Gasteiger partial charge in [-0.3, -0.25) is 9.59 Å². The number of para-hydroxylation sites is 1. The predicted molar refractivity (Wildman–Crippen MR) is 72.6 cm³/mol. The fourth-order valence-corrected chi connectivity index (χ4v) is 1.78. The number of rotatable bonds is 4. The molecule has 0 saturated heterocycles. The Kier molecular flexibility index (Phi) is 4.31. The van der Waals surface area contributed by atoms with Gasteiger partial charge in [-0.15, -0.1) is 0 Å². The van der Waals surface area contributed by atoms with E-state index < -0.39 is 46.9 Å². The van der Waals surface area contributed by atoms with Gasteiger partial charge in [-0.25, -0.2) is 13.6 Å². The topological polar surface area (TPSA) is 88.4 Å². The number of benzene rings is 1. The second-order valence-electron chi connectivity index (χ2n) is 4.30. The van der Waals surface area contributed by atoms with Crippen molar-refractivity contribution in [3.63, 3.8) is 0 Å².